The molecule has 1 atom stereocenters. The van der Waals surface area contributed by atoms with E-state index in [1.54, 1.807) is 18.9 Å². The monoisotopic (exact) mass is 176 g/mol. The van der Waals surface area contributed by atoms with Crippen molar-refractivity contribution in [1.82, 2.24) is 10.2 Å². The van der Waals surface area contributed by atoms with Crippen molar-refractivity contribution in [3.8, 4) is 0 Å². The molecular weight excluding hydrogens is 160 g/mol. The van der Waals surface area contributed by atoms with E-state index in [1.807, 2.05) is 7.05 Å². The van der Waals surface area contributed by atoms with Crippen LogP contribution in [0.1, 0.15) is 6.92 Å². The molecule has 11 heavy (non-hydrogen) atoms. The Hall–Kier alpha value is -0.220. The van der Waals surface area contributed by atoms with Crippen LogP contribution in [-0.2, 0) is 4.79 Å². The third kappa shape index (κ3) is 4.27. The maximum absolute atomic E-state index is 11.2. The van der Waals surface area contributed by atoms with Crippen LogP contribution >= 0.6 is 12.6 Å². The molecule has 4 heteroatoms. The maximum Gasteiger partial charge on any atom is 0.234 e. The van der Waals surface area contributed by atoms with Gasteiger partial charge in [-0.2, -0.15) is 12.6 Å². The Morgan fingerprint density at radius 2 is 2.27 bits per heavy atom. The number of nitrogens with zero attached hydrogens (tertiary/aromatic N) is 1. The number of carbonyl (C=O) groups excluding carboxylic acids is 1. The van der Waals surface area contributed by atoms with Crippen LogP contribution in [-0.4, -0.2) is 43.2 Å². The van der Waals surface area contributed by atoms with Crippen molar-refractivity contribution in [3.05, 3.63) is 0 Å². The van der Waals surface area contributed by atoms with E-state index in [9.17, 15) is 4.79 Å². The summed E-state index contributed by atoms with van der Waals surface area (Å²) in [5.74, 6) is 0.0728. The molecule has 0 fully saturated rings. The summed E-state index contributed by atoms with van der Waals surface area (Å²) in [5, 5.41) is 2.78. The van der Waals surface area contributed by atoms with Gasteiger partial charge in [0.25, 0.3) is 0 Å². The SMILES string of the molecule is CNCCN(C)C(=O)C(C)S. The molecule has 0 bridgehead atoms. The van der Waals surface area contributed by atoms with E-state index in [0.717, 1.165) is 13.1 Å². The predicted octanol–water partition coefficient (Wildman–Crippen LogP) is -0.0175. The van der Waals surface area contributed by atoms with Crippen molar-refractivity contribution in [2.45, 2.75) is 12.2 Å². The largest absolute Gasteiger partial charge is 0.344 e. The van der Waals surface area contributed by atoms with E-state index in [2.05, 4.69) is 17.9 Å². The van der Waals surface area contributed by atoms with Gasteiger partial charge in [0, 0.05) is 20.1 Å². The molecule has 0 saturated carbocycles. The normalized spacial score (nSPS) is 12.7. The summed E-state index contributed by atoms with van der Waals surface area (Å²) in [5.41, 5.74) is 0. The van der Waals surface area contributed by atoms with E-state index in [1.165, 1.54) is 0 Å². The molecule has 0 aromatic heterocycles. The Labute approximate surface area is 73.6 Å². The minimum atomic E-state index is -0.197. The molecule has 0 aliphatic rings. The van der Waals surface area contributed by atoms with E-state index in [-0.39, 0.29) is 11.2 Å². The third-order valence-electron chi connectivity index (χ3n) is 1.43. The fourth-order valence-electron chi connectivity index (χ4n) is 0.709. The number of rotatable bonds is 4. The standard InChI is InChI=1S/C7H16N2OS/c1-6(11)7(10)9(3)5-4-8-2/h6,8,11H,4-5H2,1-3H3. The van der Waals surface area contributed by atoms with Crippen molar-refractivity contribution in [1.29, 1.82) is 0 Å². The Balaban J connectivity index is 3.64. The molecule has 1 unspecified atom stereocenters. The highest BCUT2D eigenvalue weighted by Gasteiger charge is 2.11. The minimum absolute atomic E-state index is 0.0728. The van der Waals surface area contributed by atoms with Gasteiger partial charge >= 0.3 is 0 Å². The summed E-state index contributed by atoms with van der Waals surface area (Å²) >= 11 is 4.04. The Kier molecular flexibility index (Phi) is 5.32. The van der Waals surface area contributed by atoms with E-state index >= 15 is 0 Å². The molecule has 1 N–H and O–H groups in total. The second-order valence-corrected chi connectivity index (χ2v) is 3.31. The second-order valence-electron chi connectivity index (χ2n) is 2.54. The Morgan fingerprint density at radius 3 is 2.64 bits per heavy atom. The van der Waals surface area contributed by atoms with Gasteiger partial charge in [0.05, 0.1) is 5.25 Å². The molecule has 0 aliphatic heterocycles. The van der Waals surface area contributed by atoms with E-state index < -0.39 is 0 Å². The van der Waals surface area contributed by atoms with Crippen molar-refractivity contribution in [2.24, 2.45) is 0 Å². The number of likely N-dealkylation sites (N-methyl/N-ethyl adjacent to an activating group) is 2. The third-order valence-corrected chi connectivity index (χ3v) is 1.65. The fourth-order valence-corrected chi connectivity index (χ4v) is 0.906. The van der Waals surface area contributed by atoms with Gasteiger partial charge in [-0.15, -0.1) is 0 Å². The van der Waals surface area contributed by atoms with Crippen LogP contribution in [0.3, 0.4) is 0 Å². The first-order chi connectivity index (χ1) is 5.09. The quantitative estimate of drug-likeness (QED) is 0.590. The molecule has 0 spiro atoms. The summed E-state index contributed by atoms with van der Waals surface area (Å²) in [4.78, 5) is 12.8. The maximum atomic E-state index is 11.2. The van der Waals surface area contributed by atoms with Gasteiger partial charge in [0.15, 0.2) is 0 Å². The van der Waals surface area contributed by atoms with Gasteiger partial charge in [-0.1, -0.05) is 0 Å². The van der Waals surface area contributed by atoms with Crippen molar-refractivity contribution < 1.29 is 4.79 Å². The fraction of sp³-hybridized carbons (Fsp3) is 0.857. The molecule has 0 saturated heterocycles. The predicted molar refractivity (Wildman–Crippen MR) is 50.0 cm³/mol. The summed E-state index contributed by atoms with van der Waals surface area (Å²) in [6, 6.07) is 0. The lowest BCUT2D eigenvalue weighted by atomic mass is 10.4. The van der Waals surface area contributed by atoms with Crippen molar-refractivity contribution in [2.75, 3.05) is 27.2 Å². The van der Waals surface area contributed by atoms with E-state index in [4.69, 9.17) is 0 Å². The van der Waals surface area contributed by atoms with Crippen LogP contribution in [0.5, 0.6) is 0 Å². The van der Waals surface area contributed by atoms with Gasteiger partial charge in [0.1, 0.15) is 0 Å². The number of carbonyl (C=O) groups is 1. The molecule has 3 nitrogen and oxygen atoms in total. The summed E-state index contributed by atoms with van der Waals surface area (Å²) in [7, 11) is 3.65. The summed E-state index contributed by atoms with van der Waals surface area (Å²) in [6.45, 7) is 3.34. The lowest BCUT2D eigenvalue weighted by molar-refractivity contribution is -0.128. The number of hydrogen-bond donors (Lipinski definition) is 2. The van der Waals surface area contributed by atoms with Crippen LogP contribution in [0.2, 0.25) is 0 Å². The van der Waals surface area contributed by atoms with Crippen molar-refractivity contribution >= 4 is 18.5 Å². The van der Waals surface area contributed by atoms with Crippen LogP contribution in [0.25, 0.3) is 0 Å². The average molecular weight is 176 g/mol. The molecule has 1 amide bonds. The molecule has 0 aliphatic carbocycles. The van der Waals surface area contributed by atoms with Gasteiger partial charge in [-0.3, -0.25) is 4.79 Å². The lowest BCUT2D eigenvalue weighted by Gasteiger charge is -2.18. The number of amides is 1. The van der Waals surface area contributed by atoms with Crippen molar-refractivity contribution in [3.63, 3.8) is 0 Å². The lowest BCUT2D eigenvalue weighted by Crippen LogP contribution is -2.36. The van der Waals surface area contributed by atoms with Gasteiger partial charge < -0.3 is 10.2 Å². The average Bonchev–Trinajstić information content (AvgIpc) is 1.98. The van der Waals surface area contributed by atoms with Gasteiger partial charge in [0.2, 0.25) is 5.91 Å². The number of nitrogens with one attached hydrogen (secondary N) is 1. The topological polar surface area (TPSA) is 32.3 Å². The number of hydrogen-bond acceptors (Lipinski definition) is 3. The zero-order chi connectivity index (χ0) is 8.85. The highest BCUT2D eigenvalue weighted by atomic mass is 32.1. The van der Waals surface area contributed by atoms with Crippen LogP contribution in [0.4, 0.5) is 0 Å². The highest BCUT2D eigenvalue weighted by molar-refractivity contribution is 7.81. The molecule has 0 aromatic rings. The molecule has 0 rings (SSSR count). The minimum Gasteiger partial charge on any atom is -0.344 e. The zero-order valence-corrected chi connectivity index (χ0v) is 8.19. The first-order valence-electron chi connectivity index (χ1n) is 3.67. The second kappa shape index (κ2) is 5.43. The highest BCUT2D eigenvalue weighted by Crippen LogP contribution is 1.97. The molecular formula is C7H16N2OS. The first-order valence-corrected chi connectivity index (χ1v) is 4.19. The molecule has 0 heterocycles. The number of thiol groups is 1. The van der Waals surface area contributed by atoms with Crippen LogP contribution < -0.4 is 5.32 Å². The molecule has 66 valence electrons. The van der Waals surface area contributed by atoms with Gasteiger partial charge in [-0.25, -0.2) is 0 Å². The van der Waals surface area contributed by atoms with Gasteiger partial charge in [-0.05, 0) is 14.0 Å². The summed E-state index contributed by atoms with van der Waals surface area (Å²) in [6.07, 6.45) is 0. The molecule has 0 radical (unpaired) electrons. The van der Waals surface area contributed by atoms with E-state index in [0.29, 0.717) is 0 Å². The smallest absolute Gasteiger partial charge is 0.234 e. The zero-order valence-electron chi connectivity index (χ0n) is 7.29. The molecule has 0 aromatic carbocycles. The van der Waals surface area contributed by atoms with Crippen LogP contribution in [0, 0.1) is 0 Å². The first kappa shape index (κ1) is 10.8. The van der Waals surface area contributed by atoms with Crippen LogP contribution in [0.15, 0.2) is 0 Å². The summed E-state index contributed by atoms with van der Waals surface area (Å²) < 4.78 is 0. The Bertz CT molecular complexity index is 128. The Morgan fingerprint density at radius 1 is 1.73 bits per heavy atom.